The summed E-state index contributed by atoms with van der Waals surface area (Å²) in [5, 5.41) is 2.67. The molecule has 0 aromatic carbocycles. The molecule has 1 aliphatic heterocycles. The maximum Gasteiger partial charge on any atom is 0.320 e. The summed E-state index contributed by atoms with van der Waals surface area (Å²) in [6.07, 6.45) is 1.45. The lowest BCUT2D eigenvalue weighted by molar-refractivity contribution is -0.139. The van der Waals surface area contributed by atoms with Gasteiger partial charge >= 0.3 is 5.97 Å². The molecule has 1 saturated heterocycles. The second-order valence-electron chi connectivity index (χ2n) is 3.78. The minimum Gasteiger partial charge on any atom is -0.468 e. The van der Waals surface area contributed by atoms with Crippen LogP contribution in [0.4, 0.5) is 0 Å². The van der Waals surface area contributed by atoms with Gasteiger partial charge in [-0.3, -0.25) is 4.79 Å². The van der Waals surface area contributed by atoms with Crippen LogP contribution in [-0.2, 0) is 19.4 Å². The van der Waals surface area contributed by atoms with E-state index >= 15 is 0 Å². The zero-order chi connectivity index (χ0) is 12.2. The van der Waals surface area contributed by atoms with Crippen molar-refractivity contribution in [2.24, 2.45) is 0 Å². The molecule has 0 aliphatic carbocycles. The fraction of sp³-hybridized carbons (Fsp3) is 0.889. The minimum absolute atomic E-state index is 0.286. The Bertz CT molecular complexity index is 343. The van der Waals surface area contributed by atoms with Gasteiger partial charge in [-0.15, -0.1) is 0 Å². The molecule has 1 aliphatic rings. The molecule has 94 valence electrons. The number of hydrogen-bond acceptors (Lipinski definition) is 5. The lowest BCUT2D eigenvalue weighted by Crippen LogP contribution is -2.36. The lowest BCUT2D eigenvalue weighted by atomic mass is 10.2. The molecular weight excluding hydrogens is 298 g/mol. The second kappa shape index (κ2) is 5.97. The highest BCUT2D eigenvalue weighted by Crippen LogP contribution is 2.19. The average Bonchev–Trinajstić information content (AvgIpc) is 2.57. The van der Waals surface area contributed by atoms with Crippen molar-refractivity contribution in [3.8, 4) is 0 Å². The van der Waals surface area contributed by atoms with Gasteiger partial charge in [-0.1, -0.05) is 15.9 Å². The topological polar surface area (TPSA) is 72.5 Å². The fourth-order valence-corrected chi connectivity index (χ4v) is 3.89. The van der Waals surface area contributed by atoms with Crippen LogP contribution in [-0.4, -0.2) is 50.4 Å². The molecule has 7 heteroatoms. The van der Waals surface area contributed by atoms with E-state index in [1.807, 2.05) is 0 Å². The summed E-state index contributed by atoms with van der Waals surface area (Å²) in [5.41, 5.74) is 0. The molecule has 0 saturated carbocycles. The molecule has 16 heavy (non-hydrogen) atoms. The summed E-state index contributed by atoms with van der Waals surface area (Å²) in [6.45, 7) is 0.778. The highest BCUT2D eigenvalue weighted by Gasteiger charge is 2.30. The first-order chi connectivity index (χ1) is 7.47. The molecule has 5 nitrogen and oxygen atoms in total. The maximum absolute atomic E-state index is 11.5. The van der Waals surface area contributed by atoms with Crippen molar-refractivity contribution in [3.63, 3.8) is 0 Å². The van der Waals surface area contributed by atoms with Crippen LogP contribution in [0.2, 0.25) is 0 Å². The van der Waals surface area contributed by atoms with Crippen molar-refractivity contribution in [2.75, 3.05) is 26.0 Å². The van der Waals surface area contributed by atoms with Crippen molar-refractivity contribution < 1.29 is 17.9 Å². The van der Waals surface area contributed by atoms with Gasteiger partial charge in [-0.25, -0.2) is 8.42 Å². The molecule has 0 aromatic rings. The smallest absolute Gasteiger partial charge is 0.320 e. The molecule has 1 heterocycles. The maximum atomic E-state index is 11.5. The normalized spacial score (nSPS) is 25.2. The van der Waals surface area contributed by atoms with Crippen LogP contribution in [0.1, 0.15) is 12.8 Å². The molecule has 2 atom stereocenters. The number of halogens is 1. The number of carbonyl (C=O) groups is 1. The molecule has 0 amide bonds. The number of alkyl halides is 1. The Morgan fingerprint density at radius 1 is 1.62 bits per heavy atom. The van der Waals surface area contributed by atoms with Crippen LogP contribution < -0.4 is 5.32 Å². The zero-order valence-electron chi connectivity index (χ0n) is 9.11. The molecule has 1 N–H and O–H groups in total. The van der Waals surface area contributed by atoms with Gasteiger partial charge in [0, 0.05) is 13.1 Å². The first-order valence-electron chi connectivity index (χ1n) is 5.11. The number of methoxy groups -OCH3 is 1. The van der Waals surface area contributed by atoms with E-state index < -0.39 is 14.7 Å². The van der Waals surface area contributed by atoms with E-state index in [-0.39, 0.29) is 17.0 Å². The number of nitrogens with one attached hydrogen (secondary N) is 1. The summed E-state index contributed by atoms with van der Waals surface area (Å²) in [6, 6.07) is 0. The minimum atomic E-state index is -2.90. The number of sulfone groups is 1. The number of esters is 1. The Labute approximate surface area is 104 Å². The van der Waals surface area contributed by atoms with Gasteiger partial charge < -0.3 is 10.1 Å². The van der Waals surface area contributed by atoms with Gasteiger partial charge in [-0.05, 0) is 12.8 Å². The van der Waals surface area contributed by atoms with Crippen LogP contribution in [0, 0.1) is 0 Å². The van der Waals surface area contributed by atoms with Gasteiger partial charge in [-0.2, -0.15) is 0 Å². The van der Waals surface area contributed by atoms with E-state index in [0.717, 1.165) is 6.42 Å². The SMILES string of the molecule is COC(=O)C(Br)CNCC1CCCS1(=O)=O. The monoisotopic (exact) mass is 313 g/mol. The first kappa shape index (κ1) is 13.9. The van der Waals surface area contributed by atoms with Crippen LogP contribution >= 0.6 is 15.9 Å². The Morgan fingerprint density at radius 2 is 2.31 bits per heavy atom. The van der Waals surface area contributed by atoms with Crippen LogP contribution in [0.3, 0.4) is 0 Å². The van der Waals surface area contributed by atoms with Crippen molar-refractivity contribution >= 4 is 31.7 Å². The highest BCUT2D eigenvalue weighted by atomic mass is 79.9. The molecule has 0 radical (unpaired) electrons. The molecule has 0 aromatic heterocycles. The molecular formula is C9H16BrNO4S. The number of rotatable bonds is 5. The first-order valence-corrected chi connectivity index (χ1v) is 7.74. The van der Waals surface area contributed by atoms with Crippen molar-refractivity contribution in [2.45, 2.75) is 22.9 Å². The molecule has 0 bridgehead atoms. The van der Waals surface area contributed by atoms with Gasteiger partial charge in [0.15, 0.2) is 9.84 Å². The van der Waals surface area contributed by atoms with E-state index in [2.05, 4.69) is 26.0 Å². The van der Waals surface area contributed by atoms with Crippen molar-refractivity contribution in [1.82, 2.24) is 5.32 Å². The van der Waals surface area contributed by atoms with E-state index in [1.165, 1.54) is 7.11 Å². The number of carbonyl (C=O) groups excluding carboxylic acids is 1. The largest absolute Gasteiger partial charge is 0.468 e. The third-order valence-corrected chi connectivity index (χ3v) is 5.59. The van der Waals surface area contributed by atoms with Crippen molar-refractivity contribution in [1.29, 1.82) is 0 Å². The third-order valence-electron chi connectivity index (χ3n) is 2.62. The van der Waals surface area contributed by atoms with Gasteiger partial charge in [0.1, 0.15) is 4.83 Å². The molecule has 2 unspecified atom stereocenters. The van der Waals surface area contributed by atoms with E-state index in [0.29, 0.717) is 19.5 Å². The number of hydrogen-bond donors (Lipinski definition) is 1. The van der Waals surface area contributed by atoms with Gasteiger partial charge in [0.25, 0.3) is 0 Å². The second-order valence-corrected chi connectivity index (χ2v) is 7.29. The summed E-state index contributed by atoms with van der Waals surface area (Å²) in [4.78, 5) is 10.6. The Hall–Kier alpha value is -0.140. The highest BCUT2D eigenvalue weighted by molar-refractivity contribution is 9.10. The van der Waals surface area contributed by atoms with E-state index in [4.69, 9.17) is 0 Å². The Balaban J connectivity index is 2.28. The summed E-state index contributed by atoms with van der Waals surface area (Å²) >= 11 is 3.16. The van der Waals surface area contributed by atoms with Gasteiger partial charge in [0.2, 0.25) is 0 Å². The fourth-order valence-electron chi connectivity index (χ4n) is 1.67. The quantitative estimate of drug-likeness (QED) is 0.575. The molecule has 1 rings (SSSR count). The molecule has 0 spiro atoms. The molecule has 1 fully saturated rings. The number of ether oxygens (including phenoxy) is 1. The average molecular weight is 314 g/mol. The van der Waals surface area contributed by atoms with E-state index in [1.54, 1.807) is 0 Å². The zero-order valence-corrected chi connectivity index (χ0v) is 11.5. The van der Waals surface area contributed by atoms with Gasteiger partial charge in [0.05, 0.1) is 18.1 Å². The Kier molecular flexibility index (Phi) is 5.20. The lowest BCUT2D eigenvalue weighted by Gasteiger charge is -2.12. The van der Waals surface area contributed by atoms with Crippen molar-refractivity contribution in [3.05, 3.63) is 0 Å². The Morgan fingerprint density at radius 3 is 2.81 bits per heavy atom. The predicted molar refractivity (Wildman–Crippen MR) is 64.4 cm³/mol. The van der Waals surface area contributed by atoms with Crippen LogP contribution in [0.25, 0.3) is 0 Å². The standard InChI is InChI=1S/C9H16BrNO4S/c1-15-9(12)8(10)6-11-5-7-3-2-4-16(7,13)14/h7-8,11H,2-6H2,1H3. The van der Waals surface area contributed by atoms with Crippen LogP contribution in [0.5, 0.6) is 0 Å². The summed E-state index contributed by atoms with van der Waals surface area (Å²) < 4.78 is 27.5. The predicted octanol–water partition coefficient (Wildman–Crippen LogP) is 0.0897. The third kappa shape index (κ3) is 3.71. The summed E-state index contributed by atoms with van der Waals surface area (Å²) in [5.74, 6) is -0.0737. The van der Waals surface area contributed by atoms with E-state index in [9.17, 15) is 13.2 Å². The van der Waals surface area contributed by atoms with Crippen LogP contribution in [0.15, 0.2) is 0 Å². The summed E-state index contributed by atoms with van der Waals surface area (Å²) in [7, 11) is -1.59.